The fourth-order valence-electron chi connectivity index (χ4n) is 3.68. The zero-order chi connectivity index (χ0) is 31.2. The summed E-state index contributed by atoms with van der Waals surface area (Å²) in [5, 5.41) is 9.13. The molecule has 0 bridgehead atoms. The van der Waals surface area contributed by atoms with Gasteiger partial charge in [-0.3, -0.25) is 9.59 Å². The summed E-state index contributed by atoms with van der Waals surface area (Å²) in [4.78, 5) is 37.1. The van der Waals surface area contributed by atoms with E-state index in [9.17, 15) is 14.0 Å². The Bertz CT molecular complexity index is 1470. The molecule has 43 heavy (non-hydrogen) atoms. The molecule has 10 nitrogen and oxygen atoms in total. The van der Waals surface area contributed by atoms with Gasteiger partial charge < -0.3 is 30.5 Å². The standard InChI is InChI=1S/C32H38FN7O3/c1-23(40(4)29(41)14-10-20-39(2)3)31(42)34-19-8-6-7-11-24-22-35-32(37-27-13-9-12-25(33)21-27)38-30(24)36-26-15-17-28(43-5)18-16-26/h9-10,12-18,21-23H,6,8,19-20H2,1-5H3,(H,34,42)(H2,35,36,37,38)/t23-/m0/s1. The largest absolute Gasteiger partial charge is 0.497 e. The molecule has 3 aromatic rings. The van der Waals surface area contributed by atoms with Crippen molar-refractivity contribution in [2.24, 2.45) is 0 Å². The minimum Gasteiger partial charge on any atom is -0.497 e. The van der Waals surface area contributed by atoms with Gasteiger partial charge in [0.1, 0.15) is 17.6 Å². The molecule has 0 aliphatic heterocycles. The lowest BCUT2D eigenvalue weighted by atomic mass is 10.2. The Morgan fingerprint density at radius 2 is 1.86 bits per heavy atom. The quantitative estimate of drug-likeness (QED) is 0.154. The van der Waals surface area contributed by atoms with Gasteiger partial charge in [0.15, 0.2) is 5.82 Å². The van der Waals surface area contributed by atoms with E-state index in [0.717, 1.165) is 11.4 Å². The van der Waals surface area contributed by atoms with Gasteiger partial charge in [-0.25, -0.2) is 9.37 Å². The maximum absolute atomic E-state index is 13.6. The van der Waals surface area contributed by atoms with Gasteiger partial charge in [0.2, 0.25) is 17.8 Å². The van der Waals surface area contributed by atoms with E-state index in [-0.39, 0.29) is 23.6 Å². The van der Waals surface area contributed by atoms with Gasteiger partial charge in [0, 0.05) is 44.0 Å². The van der Waals surface area contributed by atoms with Crippen LogP contribution in [0.25, 0.3) is 0 Å². The molecule has 0 aliphatic rings. The van der Waals surface area contributed by atoms with Crippen LogP contribution >= 0.6 is 0 Å². The molecule has 0 fully saturated rings. The van der Waals surface area contributed by atoms with Gasteiger partial charge in [0.25, 0.3) is 0 Å². The van der Waals surface area contributed by atoms with Gasteiger partial charge in [-0.05, 0) is 69.9 Å². The number of anilines is 4. The number of nitrogens with one attached hydrogen (secondary N) is 3. The summed E-state index contributed by atoms with van der Waals surface area (Å²) in [5.74, 6) is 6.85. The number of nitrogens with zero attached hydrogens (tertiary/aromatic N) is 4. The molecule has 0 radical (unpaired) electrons. The zero-order valence-corrected chi connectivity index (χ0v) is 25.1. The minimum atomic E-state index is -0.606. The molecule has 0 saturated heterocycles. The molecule has 3 rings (SSSR count). The van der Waals surface area contributed by atoms with Crippen LogP contribution < -0.4 is 20.7 Å². The van der Waals surface area contributed by atoms with Crippen LogP contribution in [0.4, 0.5) is 27.5 Å². The topological polar surface area (TPSA) is 112 Å². The van der Waals surface area contributed by atoms with E-state index in [1.54, 1.807) is 45.5 Å². The van der Waals surface area contributed by atoms with Crippen molar-refractivity contribution >= 4 is 35.0 Å². The third kappa shape index (κ3) is 10.8. The van der Waals surface area contributed by atoms with E-state index in [4.69, 9.17) is 4.74 Å². The molecule has 11 heteroatoms. The Hall–Kier alpha value is -4.95. The number of carbonyl (C=O) groups is 2. The average Bonchev–Trinajstić information content (AvgIpc) is 2.99. The molecular weight excluding hydrogens is 549 g/mol. The van der Waals surface area contributed by atoms with Crippen LogP contribution in [0.2, 0.25) is 0 Å². The normalized spacial score (nSPS) is 11.4. The van der Waals surface area contributed by atoms with E-state index in [2.05, 4.69) is 37.8 Å². The number of benzene rings is 2. The highest BCUT2D eigenvalue weighted by Gasteiger charge is 2.20. The third-order valence-corrected chi connectivity index (χ3v) is 6.26. The number of halogens is 1. The fraction of sp³-hybridized carbons (Fsp3) is 0.312. The zero-order valence-electron chi connectivity index (χ0n) is 25.1. The first-order valence-corrected chi connectivity index (χ1v) is 13.8. The molecule has 1 atom stereocenters. The number of likely N-dealkylation sites (N-methyl/N-ethyl adjacent to an activating group) is 2. The monoisotopic (exact) mass is 587 g/mol. The van der Waals surface area contributed by atoms with Crippen molar-refractivity contribution in [3.05, 3.63) is 78.3 Å². The van der Waals surface area contributed by atoms with Gasteiger partial charge >= 0.3 is 0 Å². The van der Waals surface area contributed by atoms with Crippen LogP contribution in [-0.4, -0.2) is 79.0 Å². The van der Waals surface area contributed by atoms with Crippen molar-refractivity contribution in [1.29, 1.82) is 0 Å². The van der Waals surface area contributed by atoms with Crippen LogP contribution in [0.15, 0.2) is 66.9 Å². The molecule has 226 valence electrons. The van der Waals surface area contributed by atoms with Gasteiger partial charge in [0.05, 0.1) is 18.9 Å². The highest BCUT2D eigenvalue weighted by atomic mass is 19.1. The molecule has 2 amide bonds. The summed E-state index contributed by atoms with van der Waals surface area (Å²) in [6, 6.07) is 12.8. The average molecular weight is 588 g/mol. The van der Waals surface area contributed by atoms with Crippen molar-refractivity contribution in [3.8, 4) is 17.6 Å². The van der Waals surface area contributed by atoms with Crippen LogP contribution in [0.3, 0.4) is 0 Å². The number of methoxy groups -OCH3 is 1. The maximum atomic E-state index is 13.6. The van der Waals surface area contributed by atoms with Gasteiger partial charge in [-0.15, -0.1) is 0 Å². The van der Waals surface area contributed by atoms with Crippen molar-refractivity contribution in [3.63, 3.8) is 0 Å². The summed E-state index contributed by atoms with van der Waals surface area (Å²) in [6.45, 7) is 2.75. The van der Waals surface area contributed by atoms with E-state index >= 15 is 0 Å². The Balaban J connectivity index is 1.60. The van der Waals surface area contributed by atoms with E-state index < -0.39 is 6.04 Å². The molecule has 0 saturated carbocycles. The molecule has 1 heterocycles. The van der Waals surface area contributed by atoms with Crippen molar-refractivity contribution in [2.75, 3.05) is 52.0 Å². The van der Waals surface area contributed by atoms with Crippen LogP contribution in [0, 0.1) is 17.7 Å². The first-order valence-electron chi connectivity index (χ1n) is 13.8. The fourth-order valence-corrected chi connectivity index (χ4v) is 3.68. The Labute approximate surface area is 252 Å². The van der Waals surface area contributed by atoms with E-state index in [1.807, 2.05) is 43.3 Å². The highest BCUT2D eigenvalue weighted by molar-refractivity contribution is 5.92. The van der Waals surface area contributed by atoms with Gasteiger partial charge in [-0.2, -0.15) is 4.98 Å². The second kappa shape index (κ2) is 16.5. The van der Waals surface area contributed by atoms with Crippen LogP contribution in [0.5, 0.6) is 5.75 Å². The maximum Gasteiger partial charge on any atom is 0.246 e. The van der Waals surface area contributed by atoms with Crippen molar-refractivity contribution in [1.82, 2.24) is 25.1 Å². The second-order valence-electron chi connectivity index (χ2n) is 9.93. The summed E-state index contributed by atoms with van der Waals surface area (Å²) in [7, 11) is 7.03. The number of carbonyl (C=O) groups excluding carboxylic acids is 2. The summed E-state index contributed by atoms with van der Waals surface area (Å²) >= 11 is 0. The molecule has 3 N–H and O–H groups in total. The van der Waals surface area contributed by atoms with E-state index in [1.165, 1.54) is 23.1 Å². The number of amides is 2. The first-order chi connectivity index (χ1) is 20.7. The number of unbranched alkanes of at least 4 members (excludes halogenated alkanes) is 1. The third-order valence-electron chi connectivity index (χ3n) is 6.26. The molecule has 0 unspecified atom stereocenters. The Morgan fingerprint density at radius 1 is 1.09 bits per heavy atom. The smallest absolute Gasteiger partial charge is 0.246 e. The van der Waals surface area contributed by atoms with Crippen molar-refractivity contribution < 1.29 is 18.7 Å². The van der Waals surface area contributed by atoms with Crippen LogP contribution in [0.1, 0.15) is 25.3 Å². The SMILES string of the molecule is COc1ccc(Nc2nc(Nc3cccc(F)c3)ncc2C#CCCCNC(=O)[C@H](C)N(C)C(=O)C=CCN(C)C)cc1. The second-order valence-corrected chi connectivity index (χ2v) is 9.93. The lowest BCUT2D eigenvalue weighted by Gasteiger charge is -2.23. The Kier molecular flexibility index (Phi) is 12.5. The van der Waals surface area contributed by atoms with Crippen LogP contribution in [-0.2, 0) is 9.59 Å². The Morgan fingerprint density at radius 3 is 2.56 bits per heavy atom. The first kappa shape index (κ1) is 32.6. The number of ether oxygens (including phenoxy) is 1. The molecular formula is C32H38FN7O3. The predicted octanol–water partition coefficient (Wildman–Crippen LogP) is 4.32. The minimum absolute atomic E-state index is 0.228. The highest BCUT2D eigenvalue weighted by Crippen LogP contribution is 2.23. The summed E-state index contributed by atoms with van der Waals surface area (Å²) < 4.78 is 18.9. The lowest BCUT2D eigenvalue weighted by molar-refractivity contribution is -0.135. The van der Waals surface area contributed by atoms with Gasteiger partial charge in [-0.1, -0.05) is 24.0 Å². The molecule has 2 aromatic carbocycles. The number of aromatic nitrogens is 2. The lowest BCUT2D eigenvalue weighted by Crippen LogP contribution is -2.45. The number of hydrogen-bond donors (Lipinski definition) is 3. The number of rotatable bonds is 13. The molecule has 0 aliphatic carbocycles. The predicted molar refractivity (Wildman–Crippen MR) is 167 cm³/mol. The summed E-state index contributed by atoms with van der Waals surface area (Å²) in [6.07, 6.45) is 5.97. The number of hydrogen-bond acceptors (Lipinski definition) is 8. The summed E-state index contributed by atoms with van der Waals surface area (Å²) in [5.41, 5.74) is 1.86. The molecule has 0 spiro atoms. The molecule has 1 aromatic heterocycles. The van der Waals surface area contributed by atoms with Crippen molar-refractivity contribution in [2.45, 2.75) is 25.8 Å². The van der Waals surface area contributed by atoms with E-state index in [0.29, 0.717) is 43.0 Å².